The van der Waals surface area contributed by atoms with Gasteiger partial charge in [-0.1, -0.05) is 48.8 Å². The number of nitrogens with one attached hydrogen (secondary N) is 1. The Kier molecular flexibility index (Phi) is 7.66. The average molecular weight is 328 g/mol. The van der Waals surface area contributed by atoms with E-state index < -0.39 is 0 Å². The normalized spacial score (nSPS) is 14.6. The molecule has 108 valence electrons. The van der Waals surface area contributed by atoms with Crippen molar-refractivity contribution in [1.29, 1.82) is 0 Å². The largest absolute Gasteiger partial charge is 0.369 e. The van der Waals surface area contributed by atoms with E-state index in [4.69, 9.17) is 4.74 Å². The topological polar surface area (TPSA) is 21.3 Å². The highest BCUT2D eigenvalue weighted by molar-refractivity contribution is 9.10. The fourth-order valence-electron chi connectivity index (χ4n) is 1.78. The van der Waals surface area contributed by atoms with Crippen LogP contribution in [0.1, 0.15) is 45.8 Å². The molecule has 2 unspecified atom stereocenters. The molecule has 0 saturated heterocycles. The molecule has 19 heavy (non-hydrogen) atoms. The van der Waals surface area contributed by atoms with E-state index in [1.54, 1.807) is 0 Å². The second-order valence-corrected chi connectivity index (χ2v) is 6.25. The van der Waals surface area contributed by atoms with Gasteiger partial charge in [0, 0.05) is 11.0 Å². The van der Waals surface area contributed by atoms with Crippen LogP contribution in [0.25, 0.3) is 0 Å². The van der Waals surface area contributed by atoms with Crippen molar-refractivity contribution in [2.75, 3.05) is 13.1 Å². The lowest BCUT2D eigenvalue weighted by Crippen LogP contribution is -2.28. The summed E-state index contributed by atoms with van der Waals surface area (Å²) in [6.45, 7) is 10.6. The van der Waals surface area contributed by atoms with Crippen LogP contribution in [0.15, 0.2) is 28.7 Å². The van der Waals surface area contributed by atoms with E-state index in [0.29, 0.717) is 5.92 Å². The first-order valence-corrected chi connectivity index (χ1v) is 7.95. The van der Waals surface area contributed by atoms with Gasteiger partial charge < -0.3 is 10.1 Å². The summed E-state index contributed by atoms with van der Waals surface area (Å²) in [4.78, 5) is 0. The van der Waals surface area contributed by atoms with Crippen LogP contribution in [0.2, 0.25) is 0 Å². The van der Waals surface area contributed by atoms with Crippen molar-refractivity contribution in [2.45, 2.75) is 46.3 Å². The third kappa shape index (κ3) is 6.07. The Morgan fingerprint density at radius 2 is 2.00 bits per heavy atom. The van der Waals surface area contributed by atoms with Gasteiger partial charge in [0.05, 0.1) is 12.2 Å². The van der Waals surface area contributed by atoms with Gasteiger partial charge >= 0.3 is 0 Å². The highest BCUT2D eigenvalue weighted by Crippen LogP contribution is 2.24. The third-order valence-corrected chi connectivity index (χ3v) is 3.79. The van der Waals surface area contributed by atoms with Crippen molar-refractivity contribution in [3.8, 4) is 0 Å². The Bertz CT molecular complexity index is 368. The summed E-state index contributed by atoms with van der Waals surface area (Å²) in [5, 5.41) is 3.46. The SMILES string of the molecule is CCCNCC(OC(C)C(C)C)c1cccc(Br)c1. The molecule has 0 aromatic heterocycles. The lowest BCUT2D eigenvalue weighted by atomic mass is 10.1. The van der Waals surface area contributed by atoms with Crippen molar-refractivity contribution in [3.05, 3.63) is 34.3 Å². The molecular weight excluding hydrogens is 302 g/mol. The number of rotatable bonds is 8. The quantitative estimate of drug-likeness (QED) is 0.707. The van der Waals surface area contributed by atoms with Crippen molar-refractivity contribution < 1.29 is 4.74 Å². The molecule has 0 bridgehead atoms. The molecule has 1 N–H and O–H groups in total. The minimum Gasteiger partial charge on any atom is -0.369 e. The molecular formula is C16H26BrNO. The molecule has 1 rings (SSSR count). The zero-order chi connectivity index (χ0) is 14.3. The van der Waals surface area contributed by atoms with Crippen LogP contribution in [-0.4, -0.2) is 19.2 Å². The summed E-state index contributed by atoms with van der Waals surface area (Å²) in [5.74, 6) is 0.529. The van der Waals surface area contributed by atoms with Gasteiger partial charge in [-0.2, -0.15) is 0 Å². The predicted octanol–water partition coefficient (Wildman–Crippen LogP) is 4.55. The number of ether oxygens (including phenoxy) is 1. The van der Waals surface area contributed by atoms with Crippen molar-refractivity contribution in [3.63, 3.8) is 0 Å². The van der Waals surface area contributed by atoms with Crippen LogP contribution in [0, 0.1) is 5.92 Å². The Labute approximate surface area is 126 Å². The minimum atomic E-state index is 0.112. The molecule has 0 saturated carbocycles. The van der Waals surface area contributed by atoms with E-state index in [-0.39, 0.29) is 12.2 Å². The number of halogens is 1. The summed E-state index contributed by atoms with van der Waals surface area (Å²) in [6.07, 6.45) is 1.51. The summed E-state index contributed by atoms with van der Waals surface area (Å²) < 4.78 is 7.32. The first-order valence-electron chi connectivity index (χ1n) is 7.16. The first-order chi connectivity index (χ1) is 9.04. The highest BCUT2D eigenvalue weighted by Gasteiger charge is 2.17. The number of benzene rings is 1. The summed E-state index contributed by atoms with van der Waals surface area (Å²) >= 11 is 3.53. The molecule has 0 aliphatic carbocycles. The molecule has 0 radical (unpaired) electrons. The maximum atomic E-state index is 6.22. The molecule has 0 aliphatic rings. The predicted molar refractivity (Wildman–Crippen MR) is 85.4 cm³/mol. The zero-order valence-electron chi connectivity index (χ0n) is 12.4. The summed E-state index contributed by atoms with van der Waals surface area (Å²) in [7, 11) is 0. The Morgan fingerprint density at radius 1 is 1.26 bits per heavy atom. The van der Waals surface area contributed by atoms with Gasteiger partial charge in [0.2, 0.25) is 0 Å². The lowest BCUT2D eigenvalue weighted by molar-refractivity contribution is -0.0258. The fraction of sp³-hybridized carbons (Fsp3) is 0.625. The minimum absolute atomic E-state index is 0.112. The van der Waals surface area contributed by atoms with Crippen LogP contribution in [-0.2, 0) is 4.74 Å². The van der Waals surface area contributed by atoms with Crippen LogP contribution in [0.5, 0.6) is 0 Å². The van der Waals surface area contributed by atoms with Crippen LogP contribution < -0.4 is 5.32 Å². The molecule has 2 nitrogen and oxygen atoms in total. The van der Waals surface area contributed by atoms with E-state index in [1.165, 1.54) is 5.56 Å². The van der Waals surface area contributed by atoms with Gasteiger partial charge in [0.15, 0.2) is 0 Å². The molecule has 0 heterocycles. The molecule has 1 aromatic rings. The smallest absolute Gasteiger partial charge is 0.0953 e. The first kappa shape index (κ1) is 16.7. The Morgan fingerprint density at radius 3 is 2.58 bits per heavy atom. The molecule has 0 amide bonds. The highest BCUT2D eigenvalue weighted by atomic mass is 79.9. The van der Waals surface area contributed by atoms with E-state index in [0.717, 1.165) is 24.0 Å². The van der Waals surface area contributed by atoms with Crippen molar-refractivity contribution in [1.82, 2.24) is 5.32 Å². The lowest BCUT2D eigenvalue weighted by Gasteiger charge is -2.25. The molecule has 3 heteroatoms. The Balaban J connectivity index is 2.73. The third-order valence-electron chi connectivity index (χ3n) is 3.29. The maximum Gasteiger partial charge on any atom is 0.0953 e. The van der Waals surface area contributed by atoms with Crippen LogP contribution in [0.4, 0.5) is 0 Å². The van der Waals surface area contributed by atoms with Gasteiger partial charge in [-0.05, 0) is 43.5 Å². The summed E-state index contributed by atoms with van der Waals surface area (Å²) in [5.41, 5.74) is 1.23. The average Bonchev–Trinajstić information content (AvgIpc) is 2.37. The van der Waals surface area contributed by atoms with Gasteiger partial charge in [-0.3, -0.25) is 0 Å². The molecule has 1 aromatic carbocycles. The van der Waals surface area contributed by atoms with Gasteiger partial charge in [-0.15, -0.1) is 0 Å². The Hall–Kier alpha value is -0.380. The van der Waals surface area contributed by atoms with E-state index in [9.17, 15) is 0 Å². The zero-order valence-corrected chi connectivity index (χ0v) is 14.0. The standard InChI is InChI=1S/C16H26BrNO/c1-5-9-18-11-16(19-13(4)12(2)3)14-7-6-8-15(17)10-14/h6-8,10,12-13,16,18H,5,9,11H2,1-4H3. The van der Waals surface area contributed by atoms with Gasteiger partial charge in [0.25, 0.3) is 0 Å². The van der Waals surface area contributed by atoms with Crippen LogP contribution >= 0.6 is 15.9 Å². The van der Waals surface area contributed by atoms with Crippen LogP contribution in [0.3, 0.4) is 0 Å². The van der Waals surface area contributed by atoms with E-state index >= 15 is 0 Å². The number of hydrogen-bond donors (Lipinski definition) is 1. The molecule has 0 spiro atoms. The van der Waals surface area contributed by atoms with E-state index in [1.807, 2.05) is 6.07 Å². The molecule has 2 atom stereocenters. The second kappa shape index (κ2) is 8.72. The van der Waals surface area contributed by atoms with Gasteiger partial charge in [0.1, 0.15) is 0 Å². The maximum absolute atomic E-state index is 6.22. The molecule has 0 aliphatic heterocycles. The monoisotopic (exact) mass is 327 g/mol. The number of hydrogen-bond acceptors (Lipinski definition) is 2. The van der Waals surface area contributed by atoms with Crippen molar-refractivity contribution >= 4 is 15.9 Å². The fourth-order valence-corrected chi connectivity index (χ4v) is 2.19. The second-order valence-electron chi connectivity index (χ2n) is 5.33. The van der Waals surface area contributed by atoms with E-state index in [2.05, 4.69) is 67.1 Å². The molecule has 0 fully saturated rings. The summed E-state index contributed by atoms with van der Waals surface area (Å²) in [6, 6.07) is 8.39. The van der Waals surface area contributed by atoms with Crippen molar-refractivity contribution in [2.24, 2.45) is 5.92 Å². The van der Waals surface area contributed by atoms with Gasteiger partial charge in [-0.25, -0.2) is 0 Å².